The second-order valence-corrected chi connectivity index (χ2v) is 9.82. The molecule has 0 aliphatic rings. The van der Waals surface area contributed by atoms with Gasteiger partial charge >= 0.3 is 0 Å². The molecule has 0 fully saturated rings. The Kier molecular flexibility index (Phi) is 3.57. The molecule has 8 rings (SSSR count). The second kappa shape index (κ2) is 6.66. The van der Waals surface area contributed by atoms with Crippen LogP contribution in [-0.2, 0) is 0 Å². The van der Waals surface area contributed by atoms with E-state index >= 15 is 0 Å². The molecule has 0 bridgehead atoms. The van der Waals surface area contributed by atoms with Gasteiger partial charge in [-0.05, 0) is 40.4 Å². The second-order valence-electron chi connectivity index (χ2n) is 8.77. The highest BCUT2D eigenvalue weighted by atomic mass is 32.1. The lowest BCUT2D eigenvalue weighted by Gasteiger charge is -2.09. The molecule has 0 radical (unpaired) electrons. The van der Waals surface area contributed by atoms with Gasteiger partial charge in [0, 0.05) is 42.5 Å². The molecule has 3 heteroatoms. The van der Waals surface area contributed by atoms with E-state index in [4.69, 9.17) is 4.98 Å². The number of fused-ring (bicyclic) bond motifs is 12. The molecule has 0 N–H and O–H groups in total. The van der Waals surface area contributed by atoms with Crippen molar-refractivity contribution in [2.45, 2.75) is 0 Å². The number of hydrogen-bond donors (Lipinski definition) is 0. The van der Waals surface area contributed by atoms with Crippen LogP contribution < -0.4 is 0 Å². The van der Waals surface area contributed by atoms with Crippen molar-refractivity contribution in [1.29, 1.82) is 0 Å². The molecule has 0 unspecified atom stereocenters. The molecular formula is C31H18N2S. The minimum Gasteiger partial charge on any atom is -0.293 e. The normalized spacial score (nSPS) is 12.1. The quantitative estimate of drug-likeness (QED) is 0.228. The zero-order valence-electron chi connectivity index (χ0n) is 18.2. The number of thiophene rings is 1. The Morgan fingerprint density at radius 3 is 2.00 bits per heavy atom. The minimum absolute atomic E-state index is 0.950. The number of benzene rings is 5. The third-order valence-electron chi connectivity index (χ3n) is 7.02. The van der Waals surface area contributed by atoms with Crippen LogP contribution in [0.1, 0.15) is 0 Å². The first-order chi connectivity index (χ1) is 16.9. The molecule has 3 aromatic heterocycles. The van der Waals surface area contributed by atoms with Gasteiger partial charge in [-0.1, -0.05) is 78.9 Å². The summed E-state index contributed by atoms with van der Waals surface area (Å²) in [5.41, 5.74) is 2.43. The third-order valence-corrected chi connectivity index (χ3v) is 8.21. The van der Waals surface area contributed by atoms with E-state index in [1.165, 1.54) is 63.5 Å². The van der Waals surface area contributed by atoms with Crippen LogP contribution in [0, 0.1) is 0 Å². The summed E-state index contributed by atoms with van der Waals surface area (Å²) in [6.45, 7) is 0. The van der Waals surface area contributed by atoms with E-state index in [1.807, 2.05) is 23.6 Å². The Hall–Kier alpha value is -4.21. The van der Waals surface area contributed by atoms with Crippen molar-refractivity contribution in [2.75, 3.05) is 0 Å². The average molecular weight is 451 g/mol. The molecule has 2 nitrogen and oxygen atoms in total. The first-order valence-electron chi connectivity index (χ1n) is 11.5. The number of rotatable bonds is 1. The summed E-state index contributed by atoms with van der Waals surface area (Å²) < 4.78 is 5.02. The van der Waals surface area contributed by atoms with Gasteiger partial charge in [0.1, 0.15) is 5.82 Å². The molecule has 8 aromatic rings. The zero-order chi connectivity index (χ0) is 22.2. The van der Waals surface area contributed by atoms with Crippen LogP contribution >= 0.6 is 11.3 Å². The Morgan fingerprint density at radius 1 is 0.529 bits per heavy atom. The third kappa shape index (κ3) is 2.27. The maximum atomic E-state index is 4.77. The first kappa shape index (κ1) is 18.2. The maximum Gasteiger partial charge on any atom is 0.137 e. The van der Waals surface area contributed by atoms with Gasteiger partial charge in [0.2, 0.25) is 0 Å². The van der Waals surface area contributed by atoms with Crippen LogP contribution in [-0.4, -0.2) is 9.55 Å². The monoisotopic (exact) mass is 450 g/mol. The van der Waals surface area contributed by atoms with Gasteiger partial charge in [-0.15, -0.1) is 11.3 Å². The van der Waals surface area contributed by atoms with Gasteiger partial charge in [0.05, 0.1) is 11.0 Å². The molecule has 158 valence electrons. The van der Waals surface area contributed by atoms with E-state index in [2.05, 4.69) is 102 Å². The van der Waals surface area contributed by atoms with Gasteiger partial charge in [-0.25, -0.2) is 4.98 Å². The van der Waals surface area contributed by atoms with Crippen molar-refractivity contribution < 1.29 is 0 Å². The lowest BCUT2D eigenvalue weighted by Crippen LogP contribution is -1.96. The van der Waals surface area contributed by atoms with Gasteiger partial charge in [0.25, 0.3) is 0 Å². The average Bonchev–Trinajstić information content (AvgIpc) is 3.46. The predicted molar refractivity (Wildman–Crippen MR) is 146 cm³/mol. The van der Waals surface area contributed by atoms with Gasteiger partial charge in [0.15, 0.2) is 0 Å². The highest BCUT2D eigenvalue weighted by molar-refractivity contribution is 7.27. The highest BCUT2D eigenvalue weighted by Crippen LogP contribution is 2.47. The molecule has 0 amide bonds. The number of aromatic nitrogens is 2. The van der Waals surface area contributed by atoms with E-state index in [0.717, 1.165) is 5.82 Å². The maximum absolute atomic E-state index is 4.77. The number of nitrogens with zero attached hydrogens (tertiary/aromatic N) is 2. The standard InChI is InChI=1S/C31H18N2S/c1-3-12-22-19(9-1)20-10-2-4-13-24(20)31-28(22)29-26(34-31)17-16-23-21-11-5-6-14-25(21)33(30(23)29)27-15-7-8-18-32-27/h1-18H. The van der Waals surface area contributed by atoms with E-state index in [1.54, 1.807) is 0 Å². The molecule has 5 aromatic carbocycles. The molecule has 0 spiro atoms. The van der Waals surface area contributed by atoms with E-state index < -0.39 is 0 Å². The molecule has 0 saturated carbocycles. The molecule has 0 aliphatic carbocycles. The summed E-state index contributed by atoms with van der Waals surface area (Å²) in [6.07, 6.45) is 1.88. The van der Waals surface area contributed by atoms with Crippen molar-refractivity contribution in [3.63, 3.8) is 0 Å². The lowest BCUT2D eigenvalue weighted by atomic mass is 9.96. The highest BCUT2D eigenvalue weighted by Gasteiger charge is 2.20. The summed E-state index contributed by atoms with van der Waals surface area (Å²) in [5.74, 6) is 0.950. The van der Waals surface area contributed by atoms with Crippen molar-refractivity contribution >= 4 is 74.9 Å². The molecule has 0 atom stereocenters. The smallest absolute Gasteiger partial charge is 0.137 e. The van der Waals surface area contributed by atoms with Crippen LogP contribution in [0.4, 0.5) is 0 Å². The minimum atomic E-state index is 0.950. The Morgan fingerprint density at radius 2 is 1.21 bits per heavy atom. The molecule has 3 heterocycles. The van der Waals surface area contributed by atoms with E-state index in [0.29, 0.717) is 0 Å². The van der Waals surface area contributed by atoms with Crippen molar-refractivity contribution in [3.05, 3.63) is 109 Å². The molecule has 0 aliphatic heterocycles. The fourth-order valence-corrected chi connectivity index (χ4v) is 6.92. The van der Waals surface area contributed by atoms with E-state index in [-0.39, 0.29) is 0 Å². The van der Waals surface area contributed by atoms with Crippen LogP contribution in [0.15, 0.2) is 109 Å². The van der Waals surface area contributed by atoms with E-state index in [9.17, 15) is 0 Å². The summed E-state index contributed by atoms with van der Waals surface area (Å²) in [7, 11) is 0. The largest absolute Gasteiger partial charge is 0.293 e. The summed E-state index contributed by atoms with van der Waals surface area (Å²) in [4.78, 5) is 4.77. The predicted octanol–water partition coefficient (Wildman–Crippen LogP) is 8.85. The topological polar surface area (TPSA) is 17.8 Å². The zero-order valence-corrected chi connectivity index (χ0v) is 19.0. The fraction of sp³-hybridized carbons (Fsp3) is 0. The van der Waals surface area contributed by atoms with Crippen molar-refractivity contribution in [1.82, 2.24) is 9.55 Å². The van der Waals surface area contributed by atoms with Gasteiger partial charge in [-0.2, -0.15) is 0 Å². The first-order valence-corrected chi connectivity index (χ1v) is 12.3. The Bertz CT molecular complexity index is 2060. The Balaban J connectivity index is 1.73. The van der Waals surface area contributed by atoms with Gasteiger partial charge < -0.3 is 0 Å². The van der Waals surface area contributed by atoms with Crippen LogP contribution in [0.2, 0.25) is 0 Å². The van der Waals surface area contributed by atoms with Crippen LogP contribution in [0.25, 0.3) is 69.3 Å². The van der Waals surface area contributed by atoms with Crippen LogP contribution in [0.3, 0.4) is 0 Å². The molecule has 0 saturated heterocycles. The lowest BCUT2D eigenvalue weighted by molar-refractivity contribution is 1.08. The fourth-order valence-electron chi connectivity index (χ4n) is 5.66. The van der Waals surface area contributed by atoms with Gasteiger partial charge in [-0.3, -0.25) is 4.57 Å². The number of hydrogen-bond acceptors (Lipinski definition) is 2. The Labute approximate surface area is 199 Å². The summed E-state index contributed by atoms with van der Waals surface area (Å²) >= 11 is 1.90. The van der Waals surface area contributed by atoms with Crippen molar-refractivity contribution in [3.8, 4) is 5.82 Å². The summed E-state index contributed by atoms with van der Waals surface area (Å²) in [6, 6.07) is 37.1. The SMILES string of the molecule is c1ccc(-n2c3ccccc3c3ccc4sc5c6ccccc6c6ccccc6c5c4c32)nc1. The van der Waals surface area contributed by atoms with Crippen LogP contribution in [0.5, 0.6) is 0 Å². The van der Waals surface area contributed by atoms with Crippen molar-refractivity contribution in [2.24, 2.45) is 0 Å². The molecule has 34 heavy (non-hydrogen) atoms. The molecular weight excluding hydrogens is 432 g/mol. The number of para-hydroxylation sites is 1. The summed E-state index contributed by atoms with van der Waals surface area (Å²) in [5, 5.41) is 10.5. The number of pyridine rings is 1.